The van der Waals surface area contributed by atoms with E-state index in [1.165, 1.54) is 35.2 Å². The van der Waals surface area contributed by atoms with E-state index in [2.05, 4.69) is 65.8 Å². The molecule has 1 aliphatic heterocycles. The first-order valence-electron chi connectivity index (χ1n) is 8.43. The molecule has 1 atom stereocenters. The van der Waals surface area contributed by atoms with Crippen molar-refractivity contribution in [1.82, 2.24) is 10.2 Å². The van der Waals surface area contributed by atoms with E-state index in [-0.39, 0.29) is 0 Å². The first-order chi connectivity index (χ1) is 10.9. The Morgan fingerprint density at radius 3 is 2.05 bits per heavy atom. The number of fused-ring (bicyclic) bond motifs is 2. The van der Waals surface area contributed by atoms with E-state index in [0.29, 0.717) is 12.1 Å². The summed E-state index contributed by atoms with van der Waals surface area (Å²) in [6.07, 6.45) is 3.57. The van der Waals surface area contributed by atoms with Gasteiger partial charge in [0.1, 0.15) is 0 Å². The van der Waals surface area contributed by atoms with Crippen molar-refractivity contribution < 1.29 is 0 Å². The molecule has 0 spiro atoms. The Labute approximate surface area is 133 Å². The number of aryl methyl sites for hydroxylation is 2. The maximum atomic E-state index is 3.45. The quantitative estimate of drug-likeness (QED) is 0.914. The molecule has 2 aromatic rings. The molecule has 0 radical (unpaired) electrons. The van der Waals surface area contributed by atoms with Gasteiger partial charge in [0.05, 0.1) is 6.04 Å². The van der Waals surface area contributed by atoms with Gasteiger partial charge in [-0.25, -0.2) is 0 Å². The number of likely N-dealkylation sites (N-methyl/N-ethyl adjacent to an activating group) is 1. The number of hydrogen-bond donors (Lipinski definition) is 1. The van der Waals surface area contributed by atoms with Crippen LogP contribution in [0.25, 0.3) is 0 Å². The average molecular weight is 292 g/mol. The molecule has 1 N–H and O–H groups in total. The van der Waals surface area contributed by atoms with Crippen molar-refractivity contribution in [3.63, 3.8) is 0 Å². The molecule has 4 rings (SSSR count). The van der Waals surface area contributed by atoms with Gasteiger partial charge in [0.25, 0.3) is 0 Å². The average Bonchev–Trinajstić information content (AvgIpc) is 2.97. The standard InChI is InChI=1S/C20H24N2/c1-21-17-12-13-22(14-17)20-18-8-4-2-6-15(18)10-11-16-7-3-5-9-19(16)20/h2-9,17,20-21H,10-14H2,1H3/t17-/m0/s1. The summed E-state index contributed by atoms with van der Waals surface area (Å²) in [6.45, 7) is 2.32. The highest BCUT2D eigenvalue weighted by Gasteiger charge is 2.32. The Bertz CT molecular complexity index is 617. The van der Waals surface area contributed by atoms with Gasteiger partial charge >= 0.3 is 0 Å². The van der Waals surface area contributed by atoms with Crippen LogP contribution in [0.4, 0.5) is 0 Å². The van der Waals surface area contributed by atoms with Crippen molar-refractivity contribution >= 4 is 0 Å². The molecular formula is C20H24N2. The van der Waals surface area contributed by atoms with E-state index in [9.17, 15) is 0 Å². The first kappa shape index (κ1) is 14.0. The summed E-state index contributed by atoms with van der Waals surface area (Å²) in [6, 6.07) is 19.1. The van der Waals surface area contributed by atoms with Crippen LogP contribution in [-0.4, -0.2) is 31.1 Å². The van der Waals surface area contributed by atoms with Crippen LogP contribution >= 0.6 is 0 Å². The second-order valence-corrected chi connectivity index (χ2v) is 6.57. The van der Waals surface area contributed by atoms with Gasteiger partial charge in [0.15, 0.2) is 0 Å². The van der Waals surface area contributed by atoms with Gasteiger partial charge in [-0.15, -0.1) is 0 Å². The van der Waals surface area contributed by atoms with Crippen molar-refractivity contribution in [2.45, 2.75) is 31.3 Å². The highest BCUT2D eigenvalue weighted by atomic mass is 15.2. The SMILES string of the molecule is CN[C@H]1CCN(C2c3ccccc3CCc3ccccc32)C1. The molecule has 0 aromatic heterocycles. The van der Waals surface area contributed by atoms with Gasteiger partial charge in [-0.3, -0.25) is 4.90 Å². The van der Waals surface area contributed by atoms with Crippen LogP contribution in [0.3, 0.4) is 0 Å². The second kappa shape index (κ2) is 5.86. The summed E-state index contributed by atoms with van der Waals surface area (Å²) in [5.74, 6) is 0. The molecule has 2 aliphatic rings. The summed E-state index contributed by atoms with van der Waals surface area (Å²) in [5, 5.41) is 3.45. The Balaban J connectivity index is 1.81. The number of hydrogen-bond acceptors (Lipinski definition) is 2. The Kier molecular flexibility index (Phi) is 3.73. The monoisotopic (exact) mass is 292 g/mol. The predicted octanol–water partition coefficient (Wildman–Crippen LogP) is 3.17. The van der Waals surface area contributed by atoms with E-state index in [4.69, 9.17) is 0 Å². The van der Waals surface area contributed by atoms with Gasteiger partial charge in [0.2, 0.25) is 0 Å². The second-order valence-electron chi connectivity index (χ2n) is 6.57. The molecule has 0 unspecified atom stereocenters. The van der Waals surface area contributed by atoms with Crippen LogP contribution in [0.5, 0.6) is 0 Å². The smallest absolute Gasteiger partial charge is 0.0607 e. The maximum absolute atomic E-state index is 3.45. The Morgan fingerprint density at radius 1 is 0.909 bits per heavy atom. The minimum absolute atomic E-state index is 0.424. The van der Waals surface area contributed by atoms with Crippen LogP contribution < -0.4 is 5.32 Å². The fourth-order valence-electron chi connectivity index (χ4n) is 4.14. The third kappa shape index (κ3) is 2.37. The van der Waals surface area contributed by atoms with Crippen molar-refractivity contribution in [3.8, 4) is 0 Å². The summed E-state index contributed by atoms with van der Waals surface area (Å²) in [5.41, 5.74) is 6.08. The topological polar surface area (TPSA) is 15.3 Å². The number of rotatable bonds is 2. The largest absolute Gasteiger partial charge is 0.316 e. The number of nitrogens with zero attached hydrogens (tertiary/aromatic N) is 1. The third-order valence-electron chi connectivity index (χ3n) is 5.36. The van der Waals surface area contributed by atoms with E-state index >= 15 is 0 Å². The van der Waals surface area contributed by atoms with Gasteiger partial charge in [0, 0.05) is 19.1 Å². The van der Waals surface area contributed by atoms with Crippen molar-refractivity contribution in [2.24, 2.45) is 0 Å². The molecule has 1 aliphatic carbocycles. The summed E-state index contributed by atoms with van der Waals surface area (Å²) in [7, 11) is 2.09. The van der Waals surface area contributed by atoms with E-state index in [1.807, 2.05) is 0 Å². The fraction of sp³-hybridized carbons (Fsp3) is 0.400. The summed E-state index contributed by atoms with van der Waals surface area (Å²) < 4.78 is 0. The zero-order chi connectivity index (χ0) is 14.9. The molecule has 2 nitrogen and oxygen atoms in total. The van der Waals surface area contributed by atoms with Crippen LogP contribution in [0.15, 0.2) is 48.5 Å². The van der Waals surface area contributed by atoms with Crippen LogP contribution in [0.1, 0.15) is 34.7 Å². The molecule has 1 heterocycles. The van der Waals surface area contributed by atoms with E-state index in [1.54, 1.807) is 0 Å². The van der Waals surface area contributed by atoms with Crippen LogP contribution in [0.2, 0.25) is 0 Å². The van der Waals surface area contributed by atoms with Crippen molar-refractivity contribution in [1.29, 1.82) is 0 Å². The molecule has 1 saturated heterocycles. The molecule has 1 fully saturated rings. The Morgan fingerprint density at radius 2 is 1.50 bits per heavy atom. The lowest BCUT2D eigenvalue weighted by Crippen LogP contribution is -2.33. The lowest BCUT2D eigenvalue weighted by Gasteiger charge is -2.30. The Hall–Kier alpha value is -1.64. The number of benzene rings is 2. The minimum Gasteiger partial charge on any atom is -0.316 e. The summed E-state index contributed by atoms with van der Waals surface area (Å²) in [4.78, 5) is 2.67. The molecular weight excluding hydrogens is 268 g/mol. The highest BCUT2D eigenvalue weighted by Crippen LogP contribution is 2.38. The lowest BCUT2D eigenvalue weighted by molar-refractivity contribution is 0.273. The number of nitrogens with one attached hydrogen (secondary N) is 1. The zero-order valence-electron chi connectivity index (χ0n) is 13.3. The molecule has 114 valence electrons. The van der Waals surface area contributed by atoms with Crippen molar-refractivity contribution in [3.05, 3.63) is 70.8 Å². The van der Waals surface area contributed by atoms with Gasteiger partial charge < -0.3 is 5.32 Å². The van der Waals surface area contributed by atoms with Gasteiger partial charge in [-0.1, -0.05) is 48.5 Å². The highest BCUT2D eigenvalue weighted by molar-refractivity contribution is 5.44. The molecule has 0 amide bonds. The normalized spacial score (nSPS) is 22.1. The number of likely N-dealkylation sites (tertiary alicyclic amines) is 1. The molecule has 2 aromatic carbocycles. The van der Waals surface area contributed by atoms with E-state index < -0.39 is 0 Å². The van der Waals surface area contributed by atoms with Gasteiger partial charge in [-0.2, -0.15) is 0 Å². The molecule has 0 bridgehead atoms. The lowest BCUT2D eigenvalue weighted by atomic mass is 9.93. The van der Waals surface area contributed by atoms with Crippen molar-refractivity contribution in [2.75, 3.05) is 20.1 Å². The molecule has 22 heavy (non-hydrogen) atoms. The van der Waals surface area contributed by atoms with Crippen LogP contribution in [-0.2, 0) is 12.8 Å². The third-order valence-corrected chi connectivity index (χ3v) is 5.36. The molecule has 0 saturated carbocycles. The maximum Gasteiger partial charge on any atom is 0.0607 e. The van der Waals surface area contributed by atoms with E-state index in [0.717, 1.165) is 19.4 Å². The van der Waals surface area contributed by atoms with Crippen LogP contribution in [0, 0.1) is 0 Å². The van der Waals surface area contributed by atoms with Gasteiger partial charge in [-0.05, 0) is 48.6 Å². The fourth-order valence-corrected chi connectivity index (χ4v) is 4.14. The predicted molar refractivity (Wildman–Crippen MR) is 91.2 cm³/mol. The first-order valence-corrected chi connectivity index (χ1v) is 8.43. The minimum atomic E-state index is 0.424. The zero-order valence-corrected chi connectivity index (χ0v) is 13.3. The summed E-state index contributed by atoms with van der Waals surface area (Å²) >= 11 is 0. The molecule has 2 heteroatoms.